The fourth-order valence-electron chi connectivity index (χ4n) is 4.12. The molecule has 0 aliphatic heterocycles. The number of hydrogen-bond acceptors (Lipinski definition) is 7. The number of phenols is 1. The Morgan fingerprint density at radius 1 is 0.711 bits per heavy atom. The Kier molecular flexibility index (Phi) is 7.17. The highest BCUT2D eigenvalue weighted by molar-refractivity contribution is 5.89. The zero-order valence-corrected chi connectivity index (χ0v) is 21.0. The van der Waals surface area contributed by atoms with Gasteiger partial charge in [0.15, 0.2) is 28.4 Å². The summed E-state index contributed by atoms with van der Waals surface area (Å²) in [5.41, 5.74) is 2.49. The molecule has 0 unspecified atom stereocenters. The predicted molar refractivity (Wildman–Crippen MR) is 144 cm³/mol. The first-order valence-corrected chi connectivity index (χ1v) is 12.0. The molecule has 0 saturated heterocycles. The summed E-state index contributed by atoms with van der Waals surface area (Å²) in [6.45, 7) is 0.706. The van der Waals surface area contributed by atoms with Gasteiger partial charge in [-0.25, -0.2) is 0 Å². The van der Waals surface area contributed by atoms with Gasteiger partial charge in [0.2, 0.25) is 5.75 Å². The Hall–Kier alpha value is -4.91. The number of hydrogen-bond donors (Lipinski definition) is 1. The molecule has 0 bridgehead atoms. The number of benzene rings is 4. The van der Waals surface area contributed by atoms with Crippen LogP contribution in [0.1, 0.15) is 11.1 Å². The Bertz CT molecular complexity index is 1610. The third kappa shape index (κ3) is 5.13. The van der Waals surface area contributed by atoms with Gasteiger partial charge in [0, 0.05) is 17.7 Å². The van der Waals surface area contributed by atoms with E-state index in [9.17, 15) is 9.90 Å². The van der Waals surface area contributed by atoms with Gasteiger partial charge in [-0.1, -0.05) is 60.7 Å². The lowest BCUT2D eigenvalue weighted by Crippen LogP contribution is -2.04. The maximum atomic E-state index is 13.1. The molecule has 5 rings (SSSR count). The van der Waals surface area contributed by atoms with Crippen LogP contribution in [-0.2, 0) is 13.2 Å². The van der Waals surface area contributed by atoms with Crippen molar-refractivity contribution in [3.8, 4) is 40.1 Å². The molecule has 0 fully saturated rings. The van der Waals surface area contributed by atoms with E-state index in [1.807, 2.05) is 60.7 Å². The number of rotatable bonds is 9. The zero-order chi connectivity index (χ0) is 26.5. The smallest absolute Gasteiger partial charge is 0.201 e. The van der Waals surface area contributed by atoms with Crippen molar-refractivity contribution in [2.24, 2.45) is 0 Å². The normalized spacial score (nSPS) is 10.8. The maximum absolute atomic E-state index is 13.1. The van der Waals surface area contributed by atoms with Gasteiger partial charge in [-0.15, -0.1) is 0 Å². The lowest BCUT2D eigenvalue weighted by molar-refractivity contribution is 0.256. The number of methoxy groups -OCH3 is 2. The summed E-state index contributed by atoms with van der Waals surface area (Å²) >= 11 is 0. The molecule has 7 heteroatoms. The topological polar surface area (TPSA) is 87.4 Å². The number of fused-ring (bicyclic) bond motifs is 1. The van der Waals surface area contributed by atoms with Crippen molar-refractivity contribution in [1.29, 1.82) is 0 Å². The lowest BCUT2D eigenvalue weighted by Gasteiger charge is -2.15. The number of phenolic OH excluding ortho intramolecular Hbond substituents is 1. The van der Waals surface area contributed by atoms with Crippen LogP contribution in [0.4, 0.5) is 0 Å². The van der Waals surface area contributed by atoms with Crippen LogP contribution in [0.2, 0.25) is 0 Å². The Morgan fingerprint density at radius 3 is 1.95 bits per heavy atom. The van der Waals surface area contributed by atoms with Gasteiger partial charge >= 0.3 is 0 Å². The van der Waals surface area contributed by atoms with E-state index >= 15 is 0 Å². The highest BCUT2D eigenvalue weighted by Gasteiger charge is 2.20. The van der Waals surface area contributed by atoms with Crippen molar-refractivity contribution in [2.75, 3.05) is 14.2 Å². The number of ether oxygens (including phenoxy) is 4. The Morgan fingerprint density at radius 2 is 1.34 bits per heavy atom. The van der Waals surface area contributed by atoms with Crippen LogP contribution in [0, 0.1) is 0 Å². The molecule has 1 aromatic heterocycles. The highest BCUT2D eigenvalue weighted by Crippen LogP contribution is 2.42. The summed E-state index contributed by atoms with van der Waals surface area (Å²) in [5, 5.41) is 10.5. The minimum atomic E-state index is -0.368. The van der Waals surface area contributed by atoms with Gasteiger partial charge in [0.05, 0.1) is 14.2 Å². The second-order valence-corrected chi connectivity index (χ2v) is 8.52. The molecule has 0 radical (unpaired) electrons. The molecule has 192 valence electrons. The van der Waals surface area contributed by atoms with Crippen LogP contribution >= 0.6 is 0 Å². The first kappa shape index (κ1) is 24.8. The van der Waals surface area contributed by atoms with E-state index in [1.165, 1.54) is 26.4 Å². The zero-order valence-electron chi connectivity index (χ0n) is 21.0. The van der Waals surface area contributed by atoms with E-state index in [1.54, 1.807) is 18.2 Å². The number of aromatic hydroxyl groups is 1. The van der Waals surface area contributed by atoms with Gasteiger partial charge < -0.3 is 28.5 Å². The van der Waals surface area contributed by atoms with Gasteiger partial charge in [-0.2, -0.15) is 0 Å². The van der Waals surface area contributed by atoms with Crippen molar-refractivity contribution < 1.29 is 28.5 Å². The molecular weight excluding hydrogens is 484 g/mol. The summed E-state index contributed by atoms with van der Waals surface area (Å²) < 4.78 is 28.8. The Labute approximate surface area is 219 Å². The second-order valence-electron chi connectivity index (χ2n) is 8.52. The van der Waals surface area contributed by atoms with Gasteiger partial charge in [-0.05, 0) is 29.3 Å². The van der Waals surface area contributed by atoms with Gasteiger partial charge in [-0.3, -0.25) is 4.79 Å². The summed E-state index contributed by atoms with van der Waals surface area (Å²) in [6, 6.07) is 27.8. The minimum absolute atomic E-state index is 0.00352. The van der Waals surface area contributed by atoms with Crippen molar-refractivity contribution in [1.82, 2.24) is 0 Å². The first-order valence-electron chi connectivity index (χ1n) is 12.0. The van der Waals surface area contributed by atoms with E-state index in [2.05, 4.69) is 0 Å². The van der Waals surface area contributed by atoms with Crippen molar-refractivity contribution >= 4 is 11.0 Å². The summed E-state index contributed by atoms with van der Waals surface area (Å²) in [5.74, 6) is 1.24. The van der Waals surface area contributed by atoms with Gasteiger partial charge in [0.25, 0.3) is 0 Å². The molecule has 0 saturated carbocycles. The molecular formula is C31H26O7. The van der Waals surface area contributed by atoms with Crippen LogP contribution in [0.25, 0.3) is 22.3 Å². The SMILES string of the molecule is COc1cc2oc(-c3ccc(OCc4ccccc4)c(OCc4ccccc4)c3)cc(=O)c2c(OC)c1O. The third-order valence-corrected chi connectivity index (χ3v) is 6.04. The van der Waals surface area contributed by atoms with E-state index in [0.717, 1.165) is 11.1 Å². The molecule has 0 aliphatic carbocycles. The first-order chi connectivity index (χ1) is 18.6. The molecule has 0 atom stereocenters. The Balaban J connectivity index is 1.54. The molecule has 4 aromatic carbocycles. The minimum Gasteiger partial charge on any atom is -0.502 e. The van der Waals surface area contributed by atoms with Crippen LogP contribution in [-0.4, -0.2) is 19.3 Å². The summed E-state index contributed by atoms with van der Waals surface area (Å²) in [6.07, 6.45) is 0. The average molecular weight is 511 g/mol. The quantitative estimate of drug-likeness (QED) is 0.248. The van der Waals surface area contributed by atoms with Crippen LogP contribution in [0.5, 0.6) is 28.7 Å². The van der Waals surface area contributed by atoms with Crippen molar-refractivity contribution in [2.45, 2.75) is 13.2 Å². The summed E-state index contributed by atoms with van der Waals surface area (Å²) in [7, 11) is 2.78. The highest BCUT2D eigenvalue weighted by atomic mass is 16.5. The maximum Gasteiger partial charge on any atom is 0.201 e. The molecule has 0 spiro atoms. The molecule has 7 nitrogen and oxygen atoms in total. The van der Waals surface area contributed by atoms with Crippen LogP contribution in [0.15, 0.2) is 100 Å². The van der Waals surface area contributed by atoms with E-state index < -0.39 is 0 Å². The van der Waals surface area contributed by atoms with E-state index in [-0.39, 0.29) is 33.6 Å². The summed E-state index contributed by atoms with van der Waals surface area (Å²) in [4.78, 5) is 13.1. The largest absolute Gasteiger partial charge is 0.502 e. The molecule has 1 heterocycles. The molecule has 0 amide bonds. The van der Waals surface area contributed by atoms with Crippen LogP contribution < -0.4 is 24.4 Å². The second kappa shape index (κ2) is 11.0. The molecule has 0 aliphatic rings. The van der Waals surface area contributed by atoms with Gasteiger partial charge in [0.1, 0.15) is 29.9 Å². The molecule has 5 aromatic rings. The fraction of sp³-hybridized carbons (Fsp3) is 0.129. The molecule has 38 heavy (non-hydrogen) atoms. The molecule has 1 N–H and O–H groups in total. The average Bonchev–Trinajstić information content (AvgIpc) is 2.96. The van der Waals surface area contributed by atoms with E-state index in [4.69, 9.17) is 23.4 Å². The van der Waals surface area contributed by atoms with E-state index in [0.29, 0.717) is 36.0 Å². The monoisotopic (exact) mass is 510 g/mol. The van der Waals surface area contributed by atoms with Crippen LogP contribution in [0.3, 0.4) is 0 Å². The van der Waals surface area contributed by atoms with Crippen molar-refractivity contribution in [3.63, 3.8) is 0 Å². The lowest BCUT2D eigenvalue weighted by atomic mass is 10.1. The fourth-order valence-corrected chi connectivity index (χ4v) is 4.12. The standard InChI is InChI=1S/C31H26O7/c1-34-28-17-27-29(31(35-2)30(28)33)23(32)16-25(38-27)22-13-14-24(36-18-20-9-5-3-6-10-20)26(15-22)37-19-21-11-7-4-8-12-21/h3-17,33H,18-19H2,1-2H3. The van der Waals surface area contributed by atoms with Crippen molar-refractivity contribution in [3.05, 3.63) is 112 Å². The predicted octanol–water partition coefficient (Wildman–Crippen LogP) is 6.34. The third-order valence-electron chi connectivity index (χ3n) is 6.04.